The van der Waals surface area contributed by atoms with Crippen molar-refractivity contribution in [3.05, 3.63) is 99.3 Å². The first kappa shape index (κ1) is 16.5. The van der Waals surface area contributed by atoms with Gasteiger partial charge in [0, 0.05) is 16.2 Å². The van der Waals surface area contributed by atoms with Crippen LogP contribution < -0.4 is 0 Å². The van der Waals surface area contributed by atoms with Crippen LogP contribution in [0.5, 0.6) is 0 Å². The number of aromatic nitrogens is 1. The van der Waals surface area contributed by atoms with Crippen LogP contribution in [0.3, 0.4) is 0 Å². The van der Waals surface area contributed by atoms with Crippen molar-refractivity contribution in [1.82, 2.24) is 4.98 Å². The second kappa shape index (κ2) is 7.96. The van der Waals surface area contributed by atoms with Crippen LogP contribution in [0.15, 0.2) is 66.9 Å². The molecule has 0 saturated heterocycles. The predicted molar refractivity (Wildman–Crippen MR) is 105 cm³/mol. The number of pyridine rings is 1. The molecule has 3 aromatic rings. The minimum atomic E-state index is 0.725. The minimum absolute atomic E-state index is 0.725. The molecule has 2 aromatic carbocycles. The van der Waals surface area contributed by atoms with Gasteiger partial charge in [-0.25, -0.2) is 0 Å². The molecule has 0 aliphatic heterocycles. The summed E-state index contributed by atoms with van der Waals surface area (Å²) in [5.74, 6) is 0. The highest BCUT2D eigenvalue weighted by molar-refractivity contribution is 6.32. The van der Waals surface area contributed by atoms with Crippen LogP contribution in [0.25, 0.3) is 24.3 Å². The standard InChI is InChI=1S/C21H15Cl2N/c22-20-7-3-1-5-17(20)10-9-16-13-14-24-19(15-16)12-11-18-6-2-4-8-21(18)23/h1-15H/b10-9+,12-11+. The molecule has 3 rings (SSSR count). The molecule has 0 spiro atoms. The maximum atomic E-state index is 6.17. The van der Waals surface area contributed by atoms with Gasteiger partial charge in [-0.15, -0.1) is 0 Å². The van der Waals surface area contributed by atoms with Gasteiger partial charge in [-0.3, -0.25) is 4.98 Å². The molecule has 0 bridgehead atoms. The number of benzene rings is 2. The summed E-state index contributed by atoms with van der Waals surface area (Å²) >= 11 is 12.3. The molecule has 24 heavy (non-hydrogen) atoms. The lowest BCUT2D eigenvalue weighted by atomic mass is 10.1. The maximum Gasteiger partial charge on any atom is 0.0635 e. The van der Waals surface area contributed by atoms with E-state index in [2.05, 4.69) is 4.98 Å². The van der Waals surface area contributed by atoms with E-state index in [0.29, 0.717) is 0 Å². The van der Waals surface area contributed by atoms with E-state index in [1.165, 1.54) is 0 Å². The lowest BCUT2D eigenvalue weighted by molar-refractivity contribution is 1.29. The number of hydrogen-bond donors (Lipinski definition) is 0. The number of nitrogens with zero attached hydrogens (tertiary/aromatic N) is 1. The van der Waals surface area contributed by atoms with Crippen LogP contribution in [-0.4, -0.2) is 4.98 Å². The van der Waals surface area contributed by atoms with Crippen LogP contribution in [0, 0.1) is 0 Å². The Balaban J connectivity index is 1.80. The summed E-state index contributed by atoms with van der Waals surface area (Å²) in [5.41, 5.74) is 3.89. The summed E-state index contributed by atoms with van der Waals surface area (Å²) in [5, 5.41) is 1.46. The smallest absolute Gasteiger partial charge is 0.0635 e. The highest BCUT2D eigenvalue weighted by atomic mass is 35.5. The first-order valence-corrected chi connectivity index (χ1v) is 8.29. The third-order valence-corrected chi connectivity index (χ3v) is 4.19. The number of rotatable bonds is 4. The van der Waals surface area contributed by atoms with Gasteiger partial charge >= 0.3 is 0 Å². The van der Waals surface area contributed by atoms with Gasteiger partial charge in [0.2, 0.25) is 0 Å². The zero-order valence-corrected chi connectivity index (χ0v) is 14.4. The summed E-state index contributed by atoms with van der Waals surface area (Å²) in [6.07, 6.45) is 9.73. The van der Waals surface area contributed by atoms with Crippen molar-refractivity contribution in [3.63, 3.8) is 0 Å². The summed E-state index contributed by atoms with van der Waals surface area (Å²) < 4.78 is 0. The molecule has 0 atom stereocenters. The summed E-state index contributed by atoms with van der Waals surface area (Å²) in [6, 6.07) is 19.4. The number of halogens is 2. The SMILES string of the molecule is Clc1ccccc1/C=C/c1ccnc(/C=C/c2ccccc2Cl)c1. The van der Waals surface area contributed by atoms with Crippen LogP contribution in [0.4, 0.5) is 0 Å². The molecule has 0 aliphatic carbocycles. The fourth-order valence-corrected chi connectivity index (χ4v) is 2.64. The molecule has 1 heterocycles. The Morgan fingerprint density at radius 1 is 0.667 bits per heavy atom. The van der Waals surface area contributed by atoms with E-state index in [4.69, 9.17) is 23.2 Å². The van der Waals surface area contributed by atoms with E-state index in [9.17, 15) is 0 Å². The fourth-order valence-electron chi connectivity index (χ4n) is 2.24. The van der Waals surface area contributed by atoms with Crippen LogP contribution in [0.2, 0.25) is 10.0 Å². The second-order valence-electron chi connectivity index (χ2n) is 5.22. The van der Waals surface area contributed by atoms with Crippen molar-refractivity contribution in [2.75, 3.05) is 0 Å². The van der Waals surface area contributed by atoms with Gasteiger partial charge < -0.3 is 0 Å². The average Bonchev–Trinajstić information content (AvgIpc) is 2.61. The number of hydrogen-bond acceptors (Lipinski definition) is 1. The zero-order chi connectivity index (χ0) is 16.8. The molecule has 118 valence electrons. The fraction of sp³-hybridized carbons (Fsp3) is 0. The Morgan fingerprint density at radius 2 is 1.25 bits per heavy atom. The van der Waals surface area contributed by atoms with E-state index in [1.807, 2.05) is 85.0 Å². The molecule has 3 heteroatoms. The Morgan fingerprint density at radius 3 is 1.88 bits per heavy atom. The normalized spacial score (nSPS) is 11.4. The molecule has 0 unspecified atom stereocenters. The zero-order valence-electron chi connectivity index (χ0n) is 12.9. The highest BCUT2D eigenvalue weighted by Crippen LogP contribution is 2.19. The Bertz CT molecular complexity index is 827. The van der Waals surface area contributed by atoms with Crippen molar-refractivity contribution >= 4 is 47.5 Å². The first-order chi connectivity index (χ1) is 11.7. The first-order valence-electron chi connectivity index (χ1n) is 7.54. The maximum absolute atomic E-state index is 6.17. The van der Waals surface area contributed by atoms with Gasteiger partial charge in [-0.1, -0.05) is 77.8 Å². The van der Waals surface area contributed by atoms with Crippen LogP contribution in [-0.2, 0) is 0 Å². The molecule has 0 amide bonds. The topological polar surface area (TPSA) is 12.9 Å². The average molecular weight is 352 g/mol. The van der Waals surface area contributed by atoms with Gasteiger partial charge in [0.05, 0.1) is 5.69 Å². The molecular formula is C21H15Cl2N. The monoisotopic (exact) mass is 351 g/mol. The summed E-state index contributed by atoms with van der Waals surface area (Å²) in [7, 11) is 0. The van der Waals surface area contributed by atoms with Gasteiger partial charge in [-0.05, 0) is 47.0 Å². The molecule has 1 aromatic heterocycles. The summed E-state index contributed by atoms with van der Waals surface area (Å²) in [4.78, 5) is 4.37. The third kappa shape index (κ3) is 4.35. The van der Waals surface area contributed by atoms with Crippen molar-refractivity contribution in [2.45, 2.75) is 0 Å². The van der Waals surface area contributed by atoms with E-state index in [0.717, 1.165) is 32.4 Å². The molecule has 0 radical (unpaired) electrons. The van der Waals surface area contributed by atoms with Crippen molar-refractivity contribution in [2.24, 2.45) is 0 Å². The lowest BCUT2D eigenvalue weighted by Crippen LogP contribution is -1.82. The Labute approximate surface area is 151 Å². The molecule has 0 aliphatic rings. The predicted octanol–water partition coefficient (Wildman–Crippen LogP) is 6.73. The molecule has 1 nitrogen and oxygen atoms in total. The lowest BCUT2D eigenvalue weighted by Gasteiger charge is -1.99. The van der Waals surface area contributed by atoms with Crippen LogP contribution in [0.1, 0.15) is 22.4 Å². The van der Waals surface area contributed by atoms with E-state index >= 15 is 0 Å². The Hall–Kier alpha value is -2.35. The van der Waals surface area contributed by atoms with E-state index < -0.39 is 0 Å². The van der Waals surface area contributed by atoms with Crippen molar-refractivity contribution < 1.29 is 0 Å². The van der Waals surface area contributed by atoms with E-state index in [1.54, 1.807) is 6.20 Å². The second-order valence-corrected chi connectivity index (χ2v) is 6.04. The molecular weight excluding hydrogens is 337 g/mol. The van der Waals surface area contributed by atoms with Gasteiger partial charge in [0.1, 0.15) is 0 Å². The van der Waals surface area contributed by atoms with Gasteiger partial charge in [-0.2, -0.15) is 0 Å². The third-order valence-electron chi connectivity index (χ3n) is 3.50. The highest BCUT2D eigenvalue weighted by Gasteiger charge is 1.96. The summed E-state index contributed by atoms with van der Waals surface area (Å²) in [6.45, 7) is 0. The minimum Gasteiger partial charge on any atom is -0.257 e. The van der Waals surface area contributed by atoms with Crippen molar-refractivity contribution in [1.29, 1.82) is 0 Å². The van der Waals surface area contributed by atoms with Crippen molar-refractivity contribution in [3.8, 4) is 0 Å². The van der Waals surface area contributed by atoms with E-state index in [-0.39, 0.29) is 0 Å². The van der Waals surface area contributed by atoms with Crippen LogP contribution >= 0.6 is 23.2 Å². The largest absolute Gasteiger partial charge is 0.257 e. The molecule has 0 N–H and O–H groups in total. The quantitative estimate of drug-likeness (QED) is 0.507. The Kier molecular flexibility index (Phi) is 5.47. The molecule has 0 saturated carbocycles. The van der Waals surface area contributed by atoms with Gasteiger partial charge in [0.15, 0.2) is 0 Å². The van der Waals surface area contributed by atoms with Gasteiger partial charge in [0.25, 0.3) is 0 Å². The molecule has 0 fully saturated rings.